The van der Waals surface area contributed by atoms with Crippen LogP contribution in [0.15, 0.2) is 30.6 Å². The number of alkyl halides is 1. The Balaban J connectivity index is 1.80. The zero-order chi connectivity index (χ0) is 14.5. The molecular formula is C17H20ClN3. The maximum atomic E-state index is 5.77. The highest BCUT2D eigenvalue weighted by Crippen LogP contribution is 2.27. The zero-order valence-electron chi connectivity index (χ0n) is 12.1. The third kappa shape index (κ3) is 3.53. The third-order valence-electron chi connectivity index (χ3n) is 3.91. The number of nitrogens with zero attached hydrogens (tertiary/aromatic N) is 2. The van der Waals surface area contributed by atoms with Gasteiger partial charge in [0.1, 0.15) is 12.1 Å². The summed E-state index contributed by atoms with van der Waals surface area (Å²) in [7, 11) is 0. The molecule has 0 saturated carbocycles. The summed E-state index contributed by atoms with van der Waals surface area (Å²) in [6.07, 6.45) is 8.30. The van der Waals surface area contributed by atoms with Crippen molar-refractivity contribution >= 4 is 23.1 Å². The fourth-order valence-electron chi connectivity index (χ4n) is 2.84. The highest BCUT2D eigenvalue weighted by molar-refractivity contribution is 6.17. The smallest absolute Gasteiger partial charge is 0.137 e. The van der Waals surface area contributed by atoms with Gasteiger partial charge in [0, 0.05) is 22.8 Å². The number of benzene rings is 1. The van der Waals surface area contributed by atoms with Crippen molar-refractivity contribution in [2.24, 2.45) is 0 Å². The first-order valence-electron chi connectivity index (χ1n) is 7.61. The monoisotopic (exact) mass is 301 g/mol. The minimum Gasteiger partial charge on any atom is -0.340 e. The molecular weight excluding hydrogens is 282 g/mol. The number of aryl methyl sites for hydroxylation is 2. The van der Waals surface area contributed by atoms with Crippen molar-refractivity contribution in [3.8, 4) is 0 Å². The molecule has 0 bridgehead atoms. The van der Waals surface area contributed by atoms with Crippen molar-refractivity contribution in [2.45, 2.75) is 38.5 Å². The number of anilines is 2. The van der Waals surface area contributed by atoms with Gasteiger partial charge in [-0.05, 0) is 56.2 Å². The first kappa shape index (κ1) is 14.3. The molecule has 3 nitrogen and oxygen atoms in total. The maximum Gasteiger partial charge on any atom is 0.137 e. The molecule has 21 heavy (non-hydrogen) atoms. The standard InChI is InChI=1S/C17H20ClN3/c18-10-4-6-13-5-3-7-14(11-13)21-17-15-8-1-2-9-16(15)19-12-20-17/h3,5,7,11-12H,1-2,4,6,8-10H2,(H,19,20,21). The second kappa shape index (κ2) is 6.90. The molecule has 0 aliphatic heterocycles. The summed E-state index contributed by atoms with van der Waals surface area (Å²) < 4.78 is 0. The van der Waals surface area contributed by atoms with Crippen molar-refractivity contribution in [2.75, 3.05) is 11.2 Å². The van der Waals surface area contributed by atoms with Crippen LogP contribution < -0.4 is 5.32 Å². The van der Waals surface area contributed by atoms with Gasteiger partial charge in [0.15, 0.2) is 0 Å². The Hall–Kier alpha value is -1.61. The van der Waals surface area contributed by atoms with Gasteiger partial charge in [0.25, 0.3) is 0 Å². The van der Waals surface area contributed by atoms with Crippen LogP contribution >= 0.6 is 11.6 Å². The Morgan fingerprint density at radius 2 is 2.05 bits per heavy atom. The zero-order valence-corrected chi connectivity index (χ0v) is 12.9. The van der Waals surface area contributed by atoms with Crippen LogP contribution in [0.3, 0.4) is 0 Å². The molecule has 3 rings (SSSR count). The van der Waals surface area contributed by atoms with Gasteiger partial charge < -0.3 is 5.32 Å². The molecule has 1 aliphatic rings. The molecule has 110 valence electrons. The summed E-state index contributed by atoms with van der Waals surface area (Å²) in [6, 6.07) is 8.50. The van der Waals surface area contributed by atoms with E-state index < -0.39 is 0 Å². The Morgan fingerprint density at radius 1 is 1.14 bits per heavy atom. The van der Waals surface area contributed by atoms with Crippen molar-refractivity contribution in [1.82, 2.24) is 9.97 Å². The van der Waals surface area contributed by atoms with E-state index >= 15 is 0 Å². The van der Waals surface area contributed by atoms with Gasteiger partial charge in [-0.1, -0.05) is 12.1 Å². The molecule has 0 saturated heterocycles. The molecule has 1 aliphatic carbocycles. The van der Waals surface area contributed by atoms with E-state index in [2.05, 4.69) is 39.6 Å². The van der Waals surface area contributed by atoms with Gasteiger partial charge in [-0.2, -0.15) is 0 Å². The molecule has 0 amide bonds. The molecule has 0 spiro atoms. The van der Waals surface area contributed by atoms with E-state index in [1.165, 1.54) is 29.7 Å². The second-order valence-corrected chi connectivity index (χ2v) is 5.85. The van der Waals surface area contributed by atoms with E-state index in [1.807, 2.05) is 0 Å². The number of fused-ring (bicyclic) bond motifs is 1. The number of hydrogen-bond donors (Lipinski definition) is 1. The lowest BCUT2D eigenvalue weighted by atomic mass is 9.96. The molecule has 1 aromatic carbocycles. The molecule has 1 N–H and O–H groups in total. The molecule has 1 heterocycles. The first-order valence-corrected chi connectivity index (χ1v) is 8.15. The van der Waals surface area contributed by atoms with E-state index in [0.29, 0.717) is 5.88 Å². The van der Waals surface area contributed by atoms with Gasteiger partial charge in [-0.3, -0.25) is 0 Å². The molecule has 2 aromatic rings. The van der Waals surface area contributed by atoms with E-state index in [4.69, 9.17) is 11.6 Å². The Morgan fingerprint density at radius 3 is 2.95 bits per heavy atom. The van der Waals surface area contributed by atoms with Crippen molar-refractivity contribution in [3.05, 3.63) is 47.4 Å². The van der Waals surface area contributed by atoms with Crippen LogP contribution in [0, 0.1) is 0 Å². The van der Waals surface area contributed by atoms with E-state index in [0.717, 1.165) is 37.2 Å². The fourth-order valence-corrected chi connectivity index (χ4v) is 2.97. The number of halogens is 1. The maximum absolute atomic E-state index is 5.77. The molecule has 0 radical (unpaired) electrons. The Kier molecular flexibility index (Phi) is 4.71. The summed E-state index contributed by atoms with van der Waals surface area (Å²) in [5, 5.41) is 3.46. The second-order valence-electron chi connectivity index (χ2n) is 5.47. The van der Waals surface area contributed by atoms with Crippen LogP contribution in [0.2, 0.25) is 0 Å². The average molecular weight is 302 g/mol. The fraction of sp³-hybridized carbons (Fsp3) is 0.412. The van der Waals surface area contributed by atoms with E-state index in [1.54, 1.807) is 6.33 Å². The quantitative estimate of drug-likeness (QED) is 0.838. The van der Waals surface area contributed by atoms with Crippen LogP contribution in [-0.2, 0) is 19.3 Å². The van der Waals surface area contributed by atoms with Crippen LogP contribution in [0.4, 0.5) is 11.5 Å². The first-order chi connectivity index (χ1) is 10.4. The minimum atomic E-state index is 0.705. The van der Waals surface area contributed by atoms with Crippen molar-refractivity contribution in [1.29, 1.82) is 0 Å². The molecule has 0 atom stereocenters. The topological polar surface area (TPSA) is 37.8 Å². The highest BCUT2D eigenvalue weighted by Gasteiger charge is 2.15. The SMILES string of the molecule is ClCCCc1cccc(Nc2ncnc3c2CCCC3)c1. The predicted molar refractivity (Wildman–Crippen MR) is 87.4 cm³/mol. The van der Waals surface area contributed by atoms with Gasteiger partial charge in [0.05, 0.1) is 0 Å². The van der Waals surface area contributed by atoms with Crippen LogP contribution in [0.1, 0.15) is 36.1 Å². The van der Waals surface area contributed by atoms with Gasteiger partial charge in [-0.25, -0.2) is 9.97 Å². The van der Waals surface area contributed by atoms with Gasteiger partial charge in [-0.15, -0.1) is 11.6 Å². The molecule has 4 heteroatoms. The Bertz CT molecular complexity index is 613. The van der Waals surface area contributed by atoms with Gasteiger partial charge >= 0.3 is 0 Å². The molecule has 0 unspecified atom stereocenters. The lowest BCUT2D eigenvalue weighted by Crippen LogP contribution is -2.10. The van der Waals surface area contributed by atoms with Crippen molar-refractivity contribution in [3.63, 3.8) is 0 Å². The summed E-state index contributed by atoms with van der Waals surface area (Å²) in [4.78, 5) is 8.85. The lowest BCUT2D eigenvalue weighted by Gasteiger charge is -2.18. The number of aromatic nitrogens is 2. The third-order valence-corrected chi connectivity index (χ3v) is 4.18. The van der Waals surface area contributed by atoms with Crippen molar-refractivity contribution < 1.29 is 0 Å². The normalized spacial score (nSPS) is 13.8. The number of nitrogens with one attached hydrogen (secondary N) is 1. The number of rotatable bonds is 5. The van der Waals surface area contributed by atoms with E-state index in [-0.39, 0.29) is 0 Å². The van der Waals surface area contributed by atoms with Crippen LogP contribution in [0.5, 0.6) is 0 Å². The molecule has 1 aromatic heterocycles. The summed E-state index contributed by atoms with van der Waals surface area (Å²) in [6.45, 7) is 0. The number of hydrogen-bond acceptors (Lipinski definition) is 3. The van der Waals surface area contributed by atoms with E-state index in [9.17, 15) is 0 Å². The average Bonchev–Trinajstić information content (AvgIpc) is 2.54. The van der Waals surface area contributed by atoms with Gasteiger partial charge in [0.2, 0.25) is 0 Å². The molecule has 0 fully saturated rings. The summed E-state index contributed by atoms with van der Waals surface area (Å²) in [5.74, 6) is 1.67. The highest BCUT2D eigenvalue weighted by atomic mass is 35.5. The minimum absolute atomic E-state index is 0.705. The van der Waals surface area contributed by atoms with Crippen LogP contribution in [-0.4, -0.2) is 15.8 Å². The summed E-state index contributed by atoms with van der Waals surface area (Å²) >= 11 is 5.77. The largest absolute Gasteiger partial charge is 0.340 e. The van der Waals surface area contributed by atoms with Crippen LogP contribution in [0.25, 0.3) is 0 Å². The Labute approximate surface area is 130 Å². The lowest BCUT2D eigenvalue weighted by molar-refractivity contribution is 0.664. The predicted octanol–water partition coefficient (Wildman–Crippen LogP) is 4.27. The summed E-state index contributed by atoms with van der Waals surface area (Å²) in [5.41, 5.74) is 4.89.